The molecule has 0 fully saturated rings. The molecule has 17 heavy (non-hydrogen) atoms. The summed E-state index contributed by atoms with van der Waals surface area (Å²) in [6.45, 7) is 5.82. The van der Waals surface area contributed by atoms with Crippen molar-refractivity contribution >= 4 is 17.3 Å². The lowest BCUT2D eigenvalue weighted by Gasteiger charge is -2.17. The van der Waals surface area contributed by atoms with Crippen LogP contribution in [0.4, 0.5) is 8.78 Å². The summed E-state index contributed by atoms with van der Waals surface area (Å²) in [7, 11) is 0. The lowest BCUT2D eigenvalue weighted by Crippen LogP contribution is -2.37. The summed E-state index contributed by atoms with van der Waals surface area (Å²) in [4.78, 5) is 0. The van der Waals surface area contributed by atoms with Crippen LogP contribution in [0.15, 0.2) is 30.9 Å². The Morgan fingerprint density at radius 2 is 2.24 bits per heavy atom. The number of hydrogen-bond acceptors (Lipinski definition) is 1. The first-order valence-corrected chi connectivity index (χ1v) is 5.55. The standard InChI is InChI=1S/C12H14F2N2S/c1-3-6-15-12(17)16-8(2)10-5-4-9(13)7-11(10)14/h3-5,7-8H,1,6H2,2H3,(H2,15,16,17)/t8-/m1/s1. The molecule has 0 spiro atoms. The highest BCUT2D eigenvalue weighted by Crippen LogP contribution is 2.17. The summed E-state index contributed by atoms with van der Waals surface area (Å²) >= 11 is 5.00. The van der Waals surface area contributed by atoms with Gasteiger partial charge in [-0.25, -0.2) is 8.78 Å². The first kappa shape index (κ1) is 13.6. The molecule has 0 bridgehead atoms. The lowest BCUT2D eigenvalue weighted by molar-refractivity contribution is 0.552. The Kier molecular flexibility index (Phi) is 5.03. The number of halogens is 2. The van der Waals surface area contributed by atoms with E-state index in [1.165, 1.54) is 12.1 Å². The Hall–Kier alpha value is -1.49. The third kappa shape index (κ3) is 4.11. The molecule has 0 aliphatic rings. The predicted molar refractivity (Wildman–Crippen MR) is 68.7 cm³/mol. The molecule has 92 valence electrons. The zero-order valence-electron chi connectivity index (χ0n) is 9.47. The maximum Gasteiger partial charge on any atom is 0.167 e. The molecule has 2 N–H and O–H groups in total. The van der Waals surface area contributed by atoms with Gasteiger partial charge in [0.1, 0.15) is 11.6 Å². The molecule has 0 aliphatic heterocycles. The molecule has 5 heteroatoms. The largest absolute Gasteiger partial charge is 0.359 e. The number of rotatable bonds is 4. The highest BCUT2D eigenvalue weighted by atomic mass is 32.1. The van der Waals surface area contributed by atoms with Crippen LogP contribution in [0.25, 0.3) is 0 Å². The van der Waals surface area contributed by atoms with E-state index in [1.54, 1.807) is 13.0 Å². The average molecular weight is 256 g/mol. The number of nitrogens with one attached hydrogen (secondary N) is 2. The van der Waals surface area contributed by atoms with Gasteiger partial charge in [-0.05, 0) is 25.2 Å². The zero-order valence-corrected chi connectivity index (χ0v) is 10.3. The van der Waals surface area contributed by atoms with Gasteiger partial charge in [-0.1, -0.05) is 12.1 Å². The molecular weight excluding hydrogens is 242 g/mol. The van der Waals surface area contributed by atoms with E-state index in [2.05, 4.69) is 17.2 Å². The van der Waals surface area contributed by atoms with Crippen molar-refractivity contribution in [3.8, 4) is 0 Å². The van der Waals surface area contributed by atoms with Crippen LogP contribution in [0.3, 0.4) is 0 Å². The van der Waals surface area contributed by atoms with E-state index in [-0.39, 0.29) is 6.04 Å². The van der Waals surface area contributed by atoms with E-state index >= 15 is 0 Å². The molecular formula is C12H14F2N2S. The quantitative estimate of drug-likeness (QED) is 0.640. The molecule has 0 aliphatic carbocycles. The average Bonchev–Trinajstić information content (AvgIpc) is 2.26. The monoisotopic (exact) mass is 256 g/mol. The van der Waals surface area contributed by atoms with Crippen molar-refractivity contribution in [1.82, 2.24) is 10.6 Å². The van der Waals surface area contributed by atoms with Crippen LogP contribution in [-0.4, -0.2) is 11.7 Å². The van der Waals surface area contributed by atoms with Gasteiger partial charge in [-0.2, -0.15) is 0 Å². The van der Waals surface area contributed by atoms with Crippen molar-refractivity contribution in [2.24, 2.45) is 0 Å². The van der Waals surface area contributed by atoms with Gasteiger partial charge in [0.05, 0.1) is 6.04 Å². The van der Waals surface area contributed by atoms with Gasteiger partial charge in [-0.15, -0.1) is 6.58 Å². The summed E-state index contributed by atoms with van der Waals surface area (Å²) in [5.74, 6) is -1.18. The van der Waals surface area contributed by atoms with Gasteiger partial charge in [0.15, 0.2) is 5.11 Å². The van der Waals surface area contributed by atoms with E-state index in [0.29, 0.717) is 17.2 Å². The number of benzene rings is 1. The van der Waals surface area contributed by atoms with Crippen molar-refractivity contribution in [3.63, 3.8) is 0 Å². The SMILES string of the molecule is C=CCNC(=S)N[C@H](C)c1ccc(F)cc1F. The first-order valence-electron chi connectivity index (χ1n) is 5.14. The Morgan fingerprint density at radius 3 is 2.82 bits per heavy atom. The minimum atomic E-state index is -0.592. The van der Waals surface area contributed by atoms with E-state index in [0.717, 1.165) is 6.07 Å². The maximum atomic E-state index is 13.4. The second-order valence-corrected chi connectivity index (χ2v) is 3.94. The molecule has 1 atom stereocenters. The molecule has 0 saturated heterocycles. The molecule has 0 aromatic heterocycles. The van der Waals surface area contributed by atoms with Gasteiger partial charge in [0.2, 0.25) is 0 Å². The third-order valence-electron chi connectivity index (χ3n) is 2.18. The highest BCUT2D eigenvalue weighted by molar-refractivity contribution is 7.80. The minimum Gasteiger partial charge on any atom is -0.359 e. The predicted octanol–water partition coefficient (Wildman–Crippen LogP) is 2.68. The van der Waals surface area contributed by atoms with E-state index in [4.69, 9.17) is 12.2 Å². The molecule has 2 nitrogen and oxygen atoms in total. The molecule has 0 amide bonds. The molecule has 0 heterocycles. The Morgan fingerprint density at radius 1 is 1.53 bits per heavy atom. The highest BCUT2D eigenvalue weighted by Gasteiger charge is 2.12. The normalized spacial score (nSPS) is 11.7. The molecule has 1 rings (SSSR count). The summed E-state index contributed by atoms with van der Waals surface area (Å²) in [5.41, 5.74) is 0.370. The minimum absolute atomic E-state index is 0.333. The van der Waals surface area contributed by atoms with Crippen molar-refractivity contribution in [2.75, 3.05) is 6.54 Å². The zero-order chi connectivity index (χ0) is 12.8. The van der Waals surface area contributed by atoms with E-state index < -0.39 is 11.6 Å². The van der Waals surface area contributed by atoms with Gasteiger partial charge in [-0.3, -0.25) is 0 Å². The molecule has 1 aromatic carbocycles. The second-order valence-electron chi connectivity index (χ2n) is 3.53. The Balaban J connectivity index is 2.66. The van der Waals surface area contributed by atoms with Crippen molar-refractivity contribution < 1.29 is 8.78 Å². The van der Waals surface area contributed by atoms with Crippen LogP contribution in [-0.2, 0) is 0 Å². The fraction of sp³-hybridized carbons (Fsp3) is 0.250. The van der Waals surface area contributed by atoms with Gasteiger partial charge < -0.3 is 10.6 Å². The van der Waals surface area contributed by atoms with Crippen LogP contribution in [0.5, 0.6) is 0 Å². The topological polar surface area (TPSA) is 24.1 Å². The van der Waals surface area contributed by atoms with E-state index in [9.17, 15) is 8.78 Å². The summed E-state index contributed by atoms with van der Waals surface area (Å²) in [5, 5.41) is 6.17. The Labute approximate surface area is 105 Å². The van der Waals surface area contributed by atoms with Crippen LogP contribution in [0.1, 0.15) is 18.5 Å². The second kappa shape index (κ2) is 6.30. The molecule has 0 unspecified atom stereocenters. The van der Waals surface area contributed by atoms with E-state index in [1.807, 2.05) is 0 Å². The fourth-order valence-corrected chi connectivity index (χ4v) is 1.60. The third-order valence-corrected chi connectivity index (χ3v) is 2.45. The van der Waals surface area contributed by atoms with Crippen LogP contribution >= 0.6 is 12.2 Å². The molecule has 0 radical (unpaired) electrons. The van der Waals surface area contributed by atoms with Crippen molar-refractivity contribution in [1.29, 1.82) is 0 Å². The van der Waals surface area contributed by atoms with Gasteiger partial charge >= 0.3 is 0 Å². The van der Waals surface area contributed by atoms with Crippen LogP contribution in [0, 0.1) is 11.6 Å². The van der Waals surface area contributed by atoms with Crippen molar-refractivity contribution in [2.45, 2.75) is 13.0 Å². The Bertz CT molecular complexity index is 421. The van der Waals surface area contributed by atoms with Gasteiger partial charge in [0.25, 0.3) is 0 Å². The molecule has 1 aromatic rings. The summed E-state index contributed by atoms with van der Waals surface area (Å²) in [6, 6.07) is 3.14. The number of thiocarbonyl (C=S) groups is 1. The fourth-order valence-electron chi connectivity index (χ4n) is 1.34. The summed E-state index contributed by atoms with van der Waals surface area (Å²) in [6.07, 6.45) is 1.66. The number of hydrogen-bond donors (Lipinski definition) is 2. The summed E-state index contributed by atoms with van der Waals surface area (Å²) < 4.78 is 26.2. The van der Waals surface area contributed by atoms with Crippen LogP contribution < -0.4 is 10.6 Å². The van der Waals surface area contributed by atoms with Crippen LogP contribution in [0.2, 0.25) is 0 Å². The smallest absolute Gasteiger partial charge is 0.167 e. The first-order chi connectivity index (χ1) is 8.04. The molecule has 0 saturated carbocycles. The van der Waals surface area contributed by atoms with Crippen molar-refractivity contribution in [3.05, 3.63) is 48.1 Å². The van der Waals surface area contributed by atoms with Gasteiger partial charge in [0, 0.05) is 18.2 Å². The lowest BCUT2D eigenvalue weighted by atomic mass is 10.1. The maximum absolute atomic E-state index is 13.4.